The van der Waals surface area contributed by atoms with Crippen LogP contribution in [0.3, 0.4) is 0 Å². The quantitative estimate of drug-likeness (QED) is 0.388. The number of methoxy groups -OCH3 is 1. The first-order valence-electron chi connectivity index (χ1n) is 9.94. The molecule has 0 bridgehead atoms. The number of carbonyl (C=O) groups excluding carboxylic acids is 1. The van der Waals surface area contributed by atoms with E-state index >= 15 is 0 Å². The first-order chi connectivity index (χ1) is 15.4. The molecule has 3 N–H and O–H groups in total. The van der Waals surface area contributed by atoms with Crippen LogP contribution < -0.4 is 20.5 Å². The zero-order valence-electron chi connectivity index (χ0n) is 17.6. The molecule has 9 heteroatoms. The van der Waals surface area contributed by atoms with Crippen LogP contribution in [0.5, 0.6) is 5.75 Å². The highest BCUT2D eigenvalue weighted by Gasteiger charge is 2.16. The Morgan fingerprint density at radius 2 is 1.91 bits per heavy atom. The molecule has 1 amide bonds. The summed E-state index contributed by atoms with van der Waals surface area (Å²) in [6.45, 7) is 0.642. The van der Waals surface area contributed by atoms with E-state index in [9.17, 15) is 9.59 Å². The predicted octanol–water partition coefficient (Wildman–Crippen LogP) is 2.97. The molecule has 0 aliphatic heterocycles. The summed E-state index contributed by atoms with van der Waals surface area (Å²) >= 11 is 7.40. The second kappa shape index (κ2) is 9.52. The van der Waals surface area contributed by atoms with Gasteiger partial charge in [-0.2, -0.15) is 0 Å². The number of hydrogen-bond donors (Lipinski definition) is 3. The van der Waals surface area contributed by atoms with Gasteiger partial charge in [0.05, 0.1) is 19.5 Å². The van der Waals surface area contributed by atoms with E-state index in [4.69, 9.17) is 16.3 Å². The third kappa shape index (κ3) is 4.99. The summed E-state index contributed by atoms with van der Waals surface area (Å²) in [5.74, 6) is 1.14. The number of rotatable bonds is 7. The summed E-state index contributed by atoms with van der Waals surface area (Å²) in [6, 6.07) is 14.5. The van der Waals surface area contributed by atoms with Gasteiger partial charge in [0, 0.05) is 21.7 Å². The van der Waals surface area contributed by atoms with Gasteiger partial charge < -0.3 is 19.9 Å². The minimum atomic E-state index is -0.188. The third-order valence-corrected chi connectivity index (χ3v) is 6.08. The fourth-order valence-corrected chi connectivity index (χ4v) is 4.51. The Kier molecular flexibility index (Phi) is 6.55. The molecule has 0 saturated heterocycles. The van der Waals surface area contributed by atoms with E-state index in [2.05, 4.69) is 15.3 Å². The van der Waals surface area contributed by atoms with Crippen molar-refractivity contribution in [2.24, 2.45) is 0 Å². The molecule has 0 aliphatic rings. The average Bonchev–Trinajstić information content (AvgIpc) is 3.19. The molecule has 0 spiro atoms. The molecule has 0 radical (unpaired) electrons. The van der Waals surface area contributed by atoms with E-state index in [1.54, 1.807) is 43.5 Å². The Balaban J connectivity index is 1.45. The number of fused-ring (bicyclic) bond motifs is 1. The maximum atomic E-state index is 12.8. The number of anilines is 1. The summed E-state index contributed by atoms with van der Waals surface area (Å²) in [7, 11) is 3.47. The minimum absolute atomic E-state index is 0.128. The molecule has 1 atom stereocenters. The Bertz CT molecular complexity index is 1300. The average molecular weight is 470 g/mol. The SMILES string of the molecule is COc1ccc(NC(=O)C[NH+](C)Cc2nc3scc(-c4ccc(Cl)cc4)c3c(=O)[nH]2)cc1. The number of halogens is 1. The van der Waals surface area contributed by atoms with E-state index in [1.165, 1.54) is 11.3 Å². The molecule has 0 saturated carbocycles. The lowest BCUT2D eigenvalue weighted by atomic mass is 10.1. The number of nitrogens with zero attached hydrogens (tertiary/aromatic N) is 1. The fraction of sp³-hybridized carbons (Fsp3) is 0.174. The van der Waals surface area contributed by atoms with Crippen LogP contribution in [-0.4, -0.2) is 36.6 Å². The van der Waals surface area contributed by atoms with Crippen molar-refractivity contribution in [1.29, 1.82) is 0 Å². The van der Waals surface area contributed by atoms with Crippen molar-refractivity contribution in [3.05, 3.63) is 75.1 Å². The maximum Gasteiger partial charge on any atom is 0.279 e. The van der Waals surface area contributed by atoms with Gasteiger partial charge in [-0.1, -0.05) is 23.7 Å². The number of quaternary nitrogens is 1. The lowest BCUT2D eigenvalue weighted by Crippen LogP contribution is -3.08. The van der Waals surface area contributed by atoms with Crippen molar-refractivity contribution in [2.75, 3.05) is 26.0 Å². The molecule has 1 unspecified atom stereocenters. The van der Waals surface area contributed by atoms with Crippen molar-refractivity contribution in [2.45, 2.75) is 6.54 Å². The van der Waals surface area contributed by atoms with Crippen molar-refractivity contribution in [3.63, 3.8) is 0 Å². The van der Waals surface area contributed by atoms with Gasteiger partial charge >= 0.3 is 0 Å². The van der Waals surface area contributed by atoms with Gasteiger partial charge in [0.2, 0.25) is 0 Å². The van der Waals surface area contributed by atoms with Crippen molar-refractivity contribution in [1.82, 2.24) is 9.97 Å². The molecule has 4 rings (SSSR count). The van der Waals surface area contributed by atoms with Crippen LogP contribution in [0, 0.1) is 0 Å². The third-order valence-electron chi connectivity index (χ3n) is 4.95. The van der Waals surface area contributed by atoms with Gasteiger partial charge in [-0.15, -0.1) is 11.3 Å². The molecule has 164 valence electrons. The molecular formula is C23H22ClN4O3S+. The number of carbonyl (C=O) groups is 1. The molecule has 2 aromatic heterocycles. The number of H-pyrrole nitrogens is 1. The zero-order valence-corrected chi connectivity index (χ0v) is 19.1. The van der Waals surface area contributed by atoms with Crippen molar-refractivity contribution in [3.8, 4) is 16.9 Å². The van der Waals surface area contributed by atoms with Crippen LogP contribution in [0.25, 0.3) is 21.3 Å². The van der Waals surface area contributed by atoms with Gasteiger partial charge in [0.15, 0.2) is 12.4 Å². The highest BCUT2D eigenvalue weighted by atomic mass is 35.5. The normalized spacial score (nSPS) is 12.0. The monoisotopic (exact) mass is 469 g/mol. The minimum Gasteiger partial charge on any atom is -0.497 e. The van der Waals surface area contributed by atoms with E-state index in [1.807, 2.05) is 24.6 Å². The van der Waals surface area contributed by atoms with Gasteiger partial charge in [0.1, 0.15) is 17.1 Å². The Morgan fingerprint density at radius 3 is 2.59 bits per heavy atom. The van der Waals surface area contributed by atoms with Crippen LogP contribution in [0.4, 0.5) is 5.69 Å². The number of thiophene rings is 1. The number of aromatic nitrogens is 2. The fourth-order valence-electron chi connectivity index (χ4n) is 3.42. The smallest absolute Gasteiger partial charge is 0.279 e. The zero-order chi connectivity index (χ0) is 22.7. The number of amides is 1. The maximum absolute atomic E-state index is 12.8. The largest absolute Gasteiger partial charge is 0.497 e. The number of hydrogen-bond acceptors (Lipinski definition) is 5. The number of ether oxygens (including phenoxy) is 1. The summed E-state index contributed by atoms with van der Waals surface area (Å²) in [5.41, 5.74) is 2.26. The summed E-state index contributed by atoms with van der Waals surface area (Å²) in [6.07, 6.45) is 0. The van der Waals surface area contributed by atoms with E-state index in [0.29, 0.717) is 33.3 Å². The molecule has 32 heavy (non-hydrogen) atoms. The summed E-state index contributed by atoms with van der Waals surface area (Å²) < 4.78 is 5.12. The standard InChI is InChI=1S/C23H21ClN4O3S/c1-28(12-20(29)25-16-7-9-17(31-2)10-8-16)11-19-26-22(30)21-18(13-32-23(21)27-19)14-3-5-15(24)6-4-14/h3-10,13H,11-12H2,1-2H3,(H,25,29)(H,26,27,30)/p+1. The first kappa shape index (κ1) is 22.0. The Hall–Kier alpha value is -3.20. The van der Waals surface area contributed by atoms with E-state index in [0.717, 1.165) is 21.8 Å². The summed E-state index contributed by atoms with van der Waals surface area (Å²) in [4.78, 5) is 34.2. The first-order valence-corrected chi connectivity index (χ1v) is 11.2. The van der Waals surface area contributed by atoms with Gasteiger partial charge in [-0.05, 0) is 42.0 Å². The number of likely N-dealkylation sites (N-methyl/N-ethyl adjacent to an activating group) is 1. The molecule has 2 heterocycles. The van der Waals surface area contributed by atoms with Crippen molar-refractivity contribution >= 4 is 44.7 Å². The lowest BCUT2D eigenvalue weighted by Gasteiger charge is -2.13. The van der Waals surface area contributed by atoms with E-state index in [-0.39, 0.29) is 18.0 Å². The lowest BCUT2D eigenvalue weighted by molar-refractivity contribution is -0.885. The van der Waals surface area contributed by atoms with Gasteiger partial charge in [-0.3, -0.25) is 9.59 Å². The molecule has 7 nitrogen and oxygen atoms in total. The molecule has 4 aromatic rings. The Labute approximate surface area is 193 Å². The van der Waals surface area contributed by atoms with Gasteiger partial charge in [0.25, 0.3) is 11.5 Å². The van der Waals surface area contributed by atoms with Crippen molar-refractivity contribution < 1.29 is 14.4 Å². The summed E-state index contributed by atoms with van der Waals surface area (Å²) in [5, 5.41) is 6.00. The second-order valence-corrected chi connectivity index (χ2v) is 8.73. The topological polar surface area (TPSA) is 88.5 Å². The van der Waals surface area contributed by atoms with Crippen LogP contribution in [0.15, 0.2) is 58.7 Å². The predicted molar refractivity (Wildman–Crippen MR) is 128 cm³/mol. The Morgan fingerprint density at radius 1 is 1.19 bits per heavy atom. The number of nitrogens with one attached hydrogen (secondary N) is 3. The number of benzene rings is 2. The highest BCUT2D eigenvalue weighted by Crippen LogP contribution is 2.31. The second-order valence-electron chi connectivity index (χ2n) is 7.44. The molecule has 0 fully saturated rings. The molecule has 2 aromatic carbocycles. The van der Waals surface area contributed by atoms with Crippen LogP contribution >= 0.6 is 22.9 Å². The highest BCUT2D eigenvalue weighted by molar-refractivity contribution is 7.17. The van der Waals surface area contributed by atoms with Crippen LogP contribution in [0.1, 0.15) is 5.82 Å². The molecular weight excluding hydrogens is 448 g/mol. The van der Waals surface area contributed by atoms with Crippen LogP contribution in [0.2, 0.25) is 5.02 Å². The van der Waals surface area contributed by atoms with Gasteiger partial charge in [-0.25, -0.2) is 4.98 Å². The number of aromatic amines is 1. The van der Waals surface area contributed by atoms with E-state index < -0.39 is 0 Å². The van der Waals surface area contributed by atoms with Crippen LogP contribution in [-0.2, 0) is 11.3 Å². The molecule has 0 aliphatic carbocycles.